The molecule has 2 rings (SSSR count). The topological polar surface area (TPSA) is 128 Å². The summed E-state index contributed by atoms with van der Waals surface area (Å²) in [6, 6.07) is 7.52. The van der Waals surface area contributed by atoms with Crippen molar-refractivity contribution < 1.29 is 29.1 Å². The molecule has 0 aromatic heterocycles. The molecule has 0 unspecified atom stereocenters. The zero-order valence-electron chi connectivity index (χ0n) is 13.3. The molecule has 0 heterocycles. The lowest BCUT2D eigenvalue weighted by atomic mass is 10.1. The van der Waals surface area contributed by atoms with E-state index in [1.54, 1.807) is 0 Å². The number of nitrogens with one attached hydrogen (secondary N) is 1. The summed E-state index contributed by atoms with van der Waals surface area (Å²) in [6.45, 7) is 0. The minimum Gasteiger partial charge on any atom is -0.506 e. The molecule has 0 saturated heterocycles. The predicted octanol–water partition coefficient (Wildman–Crippen LogP) is 2.35. The molecule has 0 saturated carbocycles. The molecule has 0 bridgehead atoms. The molecule has 9 nitrogen and oxygen atoms in total. The van der Waals surface area contributed by atoms with Crippen LogP contribution in [0.25, 0.3) is 0 Å². The Kier molecular flexibility index (Phi) is 5.18. The number of nitro groups is 1. The number of amides is 1. The highest BCUT2D eigenvalue weighted by atomic mass is 16.6. The monoisotopic (exact) mass is 346 g/mol. The SMILES string of the molecule is COC(=O)c1ccc(NC(=O)c2ccc(OC)c([N+](=O)[O-])c2)c(O)c1. The molecule has 25 heavy (non-hydrogen) atoms. The van der Waals surface area contributed by atoms with Crippen molar-refractivity contribution in [2.75, 3.05) is 19.5 Å². The smallest absolute Gasteiger partial charge is 0.337 e. The lowest BCUT2D eigenvalue weighted by molar-refractivity contribution is -0.385. The fraction of sp³-hybridized carbons (Fsp3) is 0.125. The van der Waals surface area contributed by atoms with E-state index >= 15 is 0 Å². The van der Waals surface area contributed by atoms with E-state index in [1.807, 2.05) is 0 Å². The maximum Gasteiger partial charge on any atom is 0.337 e. The second-order valence-corrected chi connectivity index (χ2v) is 4.82. The lowest BCUT2D eigenvalue weighted by Gasteiger charge is -2.09. The van der Waals surface area contributed by atoms with Gasteiger partial charge in [0.1, 0.15) is 5.75 Å². The van der Waals surface area contributed by atoms with Gasteiger partial charge in [0, 0.05) is 11.6 Å². The Bertz CT molecular complexity index is 848. The van der Waals surface area contributed by atoms with Gasteiger partial charge >= 0.3 is 11.7 Å². The van der Waals surface area contributed by atoms with Gasteiger partial charge in [0.2, 0.25) is 0 Å². The molecule has 0 fully saturated rings. The lowest BCUT2D eigenvalue weighted by Crippen LogP contribution is -2.13. The second-order valence-electron chi connectivity index (χ2n) is 4.82. The Labute approximate surface area is 141 Å². The Morgan fingerprint density at radius 2 is 1.80 bits per heavy atom. The van der Waals surface area contributed by atoms with E-state index in [-0.39, 0.29) is 34.0 Å². The Morgan fingerprint density at radius 1 is 1.12 bits per heavy atom. The first-order valence-electron chi connectivity index (χ1n) is 6.92. The maximum absolute atomic E-state index is 12.2. The second kappa shape index (κ2) is 7.30. The van der Waals surface area contributed by atoms with Gasteiger partial charge in [0.25, 0.3) is 5.91 Å². The van der Waals surface area contributed by atoms with Crippen LogP contribution in [0.1, 0.15) is 20.7 Å². The van der Waals surface area contributed by atoms with Crippen LogP contribution in [0.2, 0.25) is 0 Å². The first kappa shape index (κ1) is 17.7. The third kappa shape index (κ3) is 3.83. The van der Waals surface area contributed by atoms with Gasteiger partial charge in [-0.05, 0) is 30.3 Å². The van der Waals surface area contributed by atoms with E-state index in [1.165, 1.54) is 38.5 Å². The van der Waals surface area contributed by atoms with Crippen molar-refractivity contribution in [3.63, 3.8) is 0 Å². The van der Waals surface area contributed by atoms with Gasteiger partial charge in [-0.15, -0.1) is 0 Å². The molecule has 2 aromatic rings. The number of nitrogens with zero attached hydrogens (tertiary/aromatic N) is 1. The molecule has 0 aliphatic heterocycles. The third-order valence-electron chi connectivity index (χ3n) is 3.30. The van der Waals surface area contributed by atoms with Gasteiger partial charge < -0.3 is 19.9 Å². The Morgan fingerprint density at radius 3 is 2.36 bits per heavy atom. The zero-order valence-corrected chi connectivity index (χ0v) is 13.3. The number of nitro benzene ring substituents is 1. The predicted molar refractivity (Wildman–Crippen MR) is 87.0 cm³/mol. The van der Waals surface area contributed by atoms with Crippen molar-refractivity contribution in [3.05, 3.63) is 57.6 Å². The summed E-state index contributed by atoms with van der Waals surface area (Å²) in [5.74, 6) is -1.64. The van der Waals surface area contributed by atoms with Crippen molar-refractivity contribution in [1.29, 1.82) is 0 Å². The molecule has 0 spiro atoms. The molecule has 2 N–H and O–H groups in total. The summed E-state index contributed by atoms with van der Waals surface area (Å²) in [5, 5.41) is 23.3. The van der Waals surface area contributed by atoms with E-state index < -0.39 is 16.8 Å². The number of anilines is 1. The van der Waals surface area contributed by atoms with Crippen molar-refractivity contribution in [2.24, 2.45) is 0 Å². The number of hydrogen-bond donors (Lipinski definition) is 2. The van der Waals surface area contributed by atoms with Crippen LogP contribution in [-0.4, -0.2) is 36.1 Å². The van der Waals surface area contributed by atoms with Gasteiger partial charge in [0.05, 0.1) is 30.4 Å². The first-order valence-corrected chi connectivity index (χ1v) is 6.92. The average molecular weight is 346 g/mol. The summed E-state index contributed by atoms with van der Waals surface area (Å²) in [4.78, 5) is 34.0. The number of phenolic OH excluding ortho intramolecular Hbond substituents is 1. The number of ether oxygens (including phenoxy) is 2. The number of carbonyl (C=O) groups is 2. The van der Waals surface area contributed by atoms with Gasteiger partial charge in [-0.1, -0.05) is 0 Å². The number of methoxy groups -OCH3 is 2. The van der Waals surface area contributed by atoms with Gasteiger partial charge in [0.15, 0.2) is 5.75 Å². The maximum atomic E-state index is 12.2. The van der Waals surface area contributed by atoms with Gasteiger partial charge in [-0.3, -0.25) is 14.9 Å². The van der Waals surface area contributed by atoms with Crippen LogP contribution in [0.4, 0.5) is 11.4 Å². The van der Waals surface area contributed by atoms with Crippen LogP contribution in [0.3, 0.4) is 0 Å². The standard InChI is InChI=1S/C16H14N2O7/c1-24-14-6-4-9(7-12(14)18(22)23)15(20)17-11-5-3-10(8-13(11)19)16(21)25-2/h3-8,19H,1-2H3,(H,17,20). The molecule has 0 aliphatic carbocycles. The molecule has 0 aliphatic rings. The van der Waals surface area contributed by atoms with E-state index in [0.29, 0.717) is 0 Å². The summed E-state index contributed by atoms with van der Waals surface area (Å²) in [6.07, 6.45) is 0. The summed E-state index contributed by atoms with van der Waals surface area (Å²) >= 11 is 0. The van der Waals surface area contributed by atoms with Crippen molar-refractivity contribution in [2.45, 2.75) is 0 Å². The highest BCUT2D eigenvalue weighted by Gasteiger charge is 2.19. The van der Waals surface area contributed by atoms with E-state index in [0.717, 1.165) is 12.1 Å². The highest BCUT2D eigenvalue weighted by Crippen LogP contribution is 2.29. The molecule has 0 atom stereocenters. The van der Waals surface area contributed by atoms with Gasteiger partial charge in [-0.25, -0.2) is 4.79 Å². The average Bonchev–Trinajstić information content (AvgIpc) is 2.61. The zero-order chi connectivity index (χ0) is 18.6. The fourth-order valence-corrected chi connectivity index (χ4v) is 2.05. The minimum atomic E-state index is -0.674. The normalized spacial score (nSPS) is 10.0. The van der Waals surface area contributed by atoms with E-state index in [2.05, 4.69) is 10.1 Å². The van der Waals surface area contributed by atoms with Crippen LogP contribution in [0, 0.1) is 10.1 Å². The van der Waals surface area contributed by atoms with Crippen molar-refractivity contribution in [1.82, 2.24) is 0 Å². The third-order valence-corrected chi connectivity index (χ3v) is 3.30. The molecule has 9 heteroatoms. The molecule has 130 valence electrons. The highest BCUT2D eigenvalue weighted by molar-refractivity contribution is 6.06. The molecule has 0 radical (unpaired) electrons. The van der Waals surface area contributed by atoms with Crippen LogP contribution in [0.5, 0.6) is 11.5 Å². The van der Waals surface area contributed by atoms with Crippen molar-refractivity contribution >= 4 is 23.3 Å². The Hall–Kier alpha value is -3.62. The quantitative estimate of drug-likeness (QED) is 0.368. The number of esters is 1. The molecule has 2 aromatic carbocycles. The number of phenols is 1. The van der Waals surface area contributed by atoms with E-state index in [9.17, 15) is 24.8 Å². The molecule has 1 amide bonds. The summed E-state index contributed by atoms with van der Waals surface area (Å²) < 4.78 is 9.39. The fourth-order valence-electron chi connectivity index (χ4n) is 2.05. The van der Waals surface area contributed by atoms with Crippen LogP contribution >= 0.6 is 0 Å². The van der Waals surface area contributed by atoms with Crippen molar-refractivity contribution in [3.8, 4) is 11.5 Å². The number of rotatable bonds is 5. The number of benzene rings is 2. The molecular weight excluding hydrogens is 332 g/mol. The number of hydrogen-bond acceptors (Lipinski definition) is 7. The Balaban J connectivity index is 2.27. The minimum absolute atomic E-state index is 0.00365. The van der Waals surface area contributed by atoms with Crippen LogP contribution in [-0.2, 0) is 4.74 Å². The number of aromatic hydroxyl groups is 1. The van der Waals surface area contributed by atoms with Gasteiger partial charge in [-0.2, -0.15) is 0 Å². The number of carbonyl (C=O) groups excluding carboxylic acids is 2. The van der Waals surface area contributed by atoms with Crippen LogP contribution in [0.15, 0.2) is 36.4 Å². The summed E-state index contributed by atoms with van der Waals surface area (Å²) in [5.41, 5.74) is -0.210. The largest absolute Gasteiger partial charge is 0.506 e. The summed E-state index contributed by atoms with van der Waals surface area (Å²) in [7, 11) is 2.48. The first-order chi connectivity index (χ1) is 11.9. The molecular formula is C16H14N2O7. The van der Waals surface area contributed by atoms with E-state index in [4.69, 9.17) is 4.74 Å². The van der Waals surface area contributed by atoms with Crippen LogP contribution < -0.4 is 10.1 Å².